The zero-order chi connectivity index (χ0) is 10.7. The zero-order valence-electron chi connectivity index (χ0n) is 8.46. The van der Waals surface area contributed by atoms with E-state index in [0.29, 0.717) is 5.56 Å². The van der Waals surface area contributed by atoms with E-state index in [1.165, 1.54) is 0 Å². The third-order valence-electron chi connectivity index (χ3n) is 2.27. The predicted octanol–water partition coefficient (Wildman–Crippen LogP) is 3.09. The van der Waals surface area contributed by atoms with Crippen molar-refractivity contribution in [1.29, 1.82) is 5.26 Å². The van der Waals surface area contributed by atoms with Crippen molar-refractivity contribution in [2.75, 3.05) is 0 Å². The molecule has 82 valence electrons. The quantitative estimate of drug-likeness (QED) is 0.891. The molecule has 0 spiro atoms. The molecule has 2 N–H and O–H groups in total. The van der Waals surface area contributed by atoms with Crippen LogP contribution in [0.5, 0.6) is 0 Å². The van der Waals surface area contributed by atoms with Crippen LogP contribution in [0.1, 0.15) is 22.0 Å². The summed E-state index contributed by atoms with van der Waals surface area (Å²) in [6, 6.07) is 13.4. The van der Waals surface area contributed by atoms with Crippen LogP contribution in [0.2, 0.25) is 0 Å². The predicted molar refractivity (Wildman–Crippen MR) is 68.8 cm³/mol. The smallest absolute Gasteiger partial charge is 0.0995 e. The van der Waals surface area contributed by atoms with Crippen LogP contribution in [0.25, 0.3) is 0 Å². The number of nitrogens with zero attached hydrogens (tertiary/aromatic N) is 1. The maximum atomic E-state index is 8.96. The first-order valence-corrected chi connectivity index (χ1v) is 5.49. The summed E-state index contributed by atoms with van der Waals surface area (Å²) in [5.74, 6) is 0. The number of hydrogen-bond acceptors (Lipinski definition) is 3. The molecule has 2 rings (SSSR count). The molecule has 0 aliphatic rings. The molecule has 0 fully saturated rings. The van der Waals surface area contributed by atoms with Crippen LogP contribution in [0.4, 0.5) is 0 Å². The number of thiophene rings is 1. The highest BCUT2D eigenvalue weighted by Crippen LogP contribution is 2.25. The first-order valence-electron chi connectivity index (χ1n) is 4.61. The first-order chi connectivity index (χ1) is 7.33. The third kappa shape index (κ3) is 2.42. The summed E-state index contributed by atoms with van der Waals surface area (Å²) in [6.45, 7) is 0. The Bertz CT molecular complexity index is 488. The number of benzene rings is 1. The molecule has 1 heterocycles. The lowest BCUT2D eigenvalue weighted by atomic mass is 10.0. The van der Waals surface area contributed by atoms with Crippen LogP contribution in [0.15, 0.2) is 41.8 Å². The van der Waals surface area contributed by atoms with Crippen LogP contribution >= 0.6 is 23.7 Å². The molecule has 16 heavy (non-hydrogen) atoms. The van der Waals surface area contributed by atoms with Gasteiger partial charge in [-0.05, 0) is 23.1 Å². The first kappa shape index (κ1) is 12.7. The topological polar surface area (TPSA) is 49.8 Å². The Hall–Kier alpha value is -1.34. The van der Waals surface area contributed by atoms with E-state index in [9.17, 15) is 0 Å². The lowest BCUT2D eigenvalue weighted by Gasteiger charge is -2.11. The fraction of sp³-hybridized carbons (Fsp3) is 0.0833. The summed E-state index contributed by atoms with van der Waals surface area (Å²) in [4.78, 5) is 1.08. The normalized spacial score (nSPS) is 11.2. The maximum absolute atomic E-state index is 8.96. The van der Waals surface area contributed by atoms with Crippen molar-refractivity contribution >= 4 is 23.7 Å². The van der Waals surface area contributed by atoms with Gasteiger partial charge in [0.05, 0.1) is 17.7 Å². The van der Waals surface area contributed by atoms with Crippen molar-refractivity contribution in [3.63, 3.8) is 0 Å². The SMILES string of the molecule is Cl.N#Cc1ccccc1[C@@H](N)c1cccs1. The number of hydrogen-bond donors (Lipinski definition) is 1. The maximum Gasteiger partial charge on any atom is 0.0995 e. The highest BCUT2D eigenvalue weighted by atomic mass is 35.5. The van der Waals surface area contributed by atoms with Gasteiger partial charge in [0, 0.05) is 4.88 Å². The summed E-state index contributed by atoms with van der Waals surface area (Å²) in [5, 5.41) is 11.0. The summed E-state index contributed by atoms with van der Waals surface area (Å²) in [7, 11) is 0. The average Bonchev–Trinajstić information content (AvgIpc) is 2.81. The van der Waals surface area contributed by atoms with Gasteiger partial charge in [0.25, 0.3) is 0 Å². The molecule has 0 saturated heterocycles. The molecular weight excluding hydrogens is 240 g/mol. The van der Waals surface area contributed by atoms with E-state index >= 15 is 0 Å². The zero-order valence-corrected chi connectivity index (χ0v) is 10.1. The minimum atomic E-state index is -0.194. The molecule has 2 nitrogen and oxygen atoms in total. The monoisotopic (exact) mass is 250 g/mol. The standard InChI is InChI=1S/C12H10N2S.ClH/c13-8-9-4-1-2-5-10(9)12(14)11-6-3-7-15-11;/h1-7,12H,14H2;1H/t12-;/m1./s1. The Morgan fingerprint density at radius 1 is 1.19 bits per heavy atom. The Morgan fingerprint density at radius 2 is 1.94 bits per heavy atom. The second kappa shape index (κ2) is 5.66. The van der Waals surface area contributed by atoms with Crippen LogP contribution < -0.4 is 5.73 Å². The van der Waals surface area contributed by atoms with Gasteiger partial charge in [0.15, 0.2) is 0 Å². The van der Waals surface area contributed by atoms with E-state index in [-0.39, 0.29) is 18.4 Å². The lowest BCUT2D eigenvalue weighted by molar-refractivity contribution is 0.889. The molecule has 0 bridgehead atoms. The summed E-state index contributed by atoms with van der Waals surface area (Å²) in [6.07, 6.45) is 0. The van der Waals surface area contributed by atoms with E-state index in [0.717, 1.165) is 10.4 Å². The number of halogens is 1. The molecule has 1 aromatic carbocycles. The molecule has 0 aliphatic heterocycles. The molecule has 4 heteroatoms. The Balaban J connectivity index is 0.00000128. The fourth-order valence-corrected chi connectivity index (χ4v) is 2.24. The highest BCUT2D eigenvalue weighted by molar-refractivity contribution is 7.10. The Kier molecular flexibility index (Phi) is 4.51. The summed E-state index contributed by atoms with van der Waals surface area (Å²) >= 11 is 1.61. The van der Waals surface area contributed by atoms with Gasteiger partial charge in [-0.1, -0.05) is 24.3 Å². The highest BCUT2D eigenvalue weighted by Gasteiger charge is 2.12. The molecule has 0 radical (unpaired) electrons. The molecular formula is C12H11ClN2S. The van der Waals surface area contributed by atoms with Gasteiger partial charge in [0.1, 0.15) is 0 Å². The van der Waals surface area contributed by atoms with Gasteiger partial charge >= 0.3 is 0 Å². The van der Waals surface area contributed by atoms with Crippen molar-refractivity contribution in [3.8, 4) is 6.07 Å². The van der Waals surface area contributed by atoms with Crippen LogP contribution in [0.3, 0.4) is 0 Å². The van der Waals surface area contributed by atoms with Crippen LogP contribution in [0, 0.1) is 11.3 Å². The molecule has 1 atom stereocenters. The van der Waals surface area contributed by atoms with Crippen molar-refractivity contribution < 1.29 is 0 Å². The Morgan fingerprint density at radius 3 is 2.56 bits per heavy atom. The van der Waals surface area contributed by atoms with Gasteiger partial charge in [0.2, 0.25) is 0 Å². The lowest BCUT2D eigenvalue weighted by Crippen LogP contribution is -2.11. The minimum absolute atomic E-state index is 0. The summed E-state index contributed by atoms with van der Waals surface area (Å²) < 4.78 is 0. The van der Waals surface area contributed by atoms with E-state index < -0.39 is 0 Å². The minimum Gasteiger partial charge on any atom is -0.320 e. The number of nitrogens with two attached hydrogens (primary N) is 1. The number of rotatable bonds is 2. The van der Waals surface area contributed by atoms with Crippen LogP contribution in [-0.2, 0) is 0 Å². The molecule has 0 amide bonds. The van der Waals surface area contributed by atoms with E-state index in [1.807, 2.05) is 35.7 Å². The van der Waals surface area contributed by atoms with Gasteiger partial charge in [-0.2, -0.15) is 5.26 Å². The third-order valence-corrected chi connectivity index (χ3v) is 3.22. The van der Waals surface area contributed by atoms with E-state index in [1.54, 1.807) is 17.4 Å². The van der Waals surface area contributed by atoms with E-state index in [2.05, 4.69) is 6.07 Å². The van der Waals surface area contributed by atoms with Crippen molar-refractivity contribution in [2.24, 2.45) is 5.73 Å². The van der Waals surface area contributed by atoms with Gasteiger partial charge in [-0.15, -0.1) is 23.7 Å². The van der Waals surface area contributed by atoms with Crippen LogP contribution in [-0.4, -0.2) is 0 Å². The molecule has 0 unspecified atom stereocenters. The largest absolute Gasteiger partial charge is 0.320 e. The summed E-state index contributed by atoms with van der Waals surface area (Å²) in [5.41, 5.74) is 7.64. The van der Waals surface area contributed by atoms with Crippen molar-refractivity contribution in [2.45, 2.75) is 6.04 Å². The second-order valence-electron chi connectivity index (χ2n) is 3.19. The van der Waals surface area contributed by atoms with Crippen molar-refractivity contribution in [1.82, 2.24) is 0 Å². The Labute approximate surface area is 105 Å². The fourth-order valence-electron chi connectivity index (χ4n) is 1.49. The van der Waals surface area contributed by atoms with Gasteiger partial charge in [-0.25, -0.2) is 0 Å². The van der Waals surface area contributed by atoms with Gasteiger partial charge in [-0.3, -0.25) is 0 Å². The van der Waals surface area contributed by atoms with E-state index in [4.69, 9.17) is 11.0 Å². The van der Waals surface area contributed by atoms with Crippen molar-refractivity contribution in [3.05, 3.63) is 57.8 Å². The second-order valence-corrected chi connectivity index (χ2v) is 4.17. The molecule has 0 saturated carbocycles. The molecule has 0 aliphatic carbocycles. The molecule has 1 aromatic heterocycles. The number of nitriles is 1. The molecule has 2 aromatic rings. The van der Waals surface area contributed by atoms with Gasteiger partial charge < -0.3 is 5.73 Å². The average molecular weight is 251 g/mol.